The van der Waals surface area contributed by atoms with E-state index in [0.29, 0.717) is 5.88 Å². The van der Waals surface area contributed by atoms with Crippen LogP contribution in [0.2, 0.25) is 0 Å². The molecule has 0 aromatic carbocycles. The molecule has 0 N–H and O–H groups in total. The van der Waals surface area contributed by atoms with Crippen molar-refractivity contribution in [2.24, 2.45) is 7.05 Å². The standard InChI is InChI=1S/C13H15ClN4S/c1-8-12-13(17(3)16-8)18(11(6-14)15-12)9(2)10-4-5-19-7-10/h4-5,7,9H,6H2,1-3H3. The van der Waals surface area contributed by atoms with E-state index in [1.165, 1.54) is 5.56 Å². The van der Waals surface area contributed by atoms with Gasteiger partial charge in [0.05, 0.1) is 17.6 Å². The Kier molecular flexibility index (Phi) is 3.11. The Morgan fingerprint density at radius 2 is 2.26 bits per heavy atom. The van der Waals surface area contributed by atoms with Gasteiger partial charge in [0, 0.05) is 7.05 Å². The molecular formula is C13H15ClN4S. The fourth-order valence-corrected chi connectivity index (χ4v) is 3.44. The summed E-state index contributed by atoms with van der Waals surface area (Å²) in [4.78, 5) is 4.63. The number of halogens is 1. The van der Waals surface area contributed by atoms with Crippen LogP contribution in [0.4, 0.5) is 0 Å². The summed E-state index contributed by atoms with van der Waals surface area (Å²) in [5, 5.41) is 8.70. The molecule has 4 nitrogen and oxygen atoms in total. The van der Waals surface area contributed by atoms with Gasteiger partial charge in [0.1, 0.15) is 11.3 Å². The van der Waals surface area contributed by atoms with Crippen molar-refractivity contribution < 1.29 is 0 Å². The van der Waals surface area contributed by atoms with Gasteiger partial charge >= 0.3 is 0 Å². The van der Waals surface area contributed by atoms with E-state index in [0.717, 1.165) is 22.7 Å². The van der Waals surface area contributed by atoms with Gasteiger partial charge in [-0.1, -0.05) is 0 Å². The minimum Gasteiger partial charge on any atom is -0.305 e. The summed E-state index contributed by atoms with van der Waals surface area (Å²) in [6, 6.07) is 2.35. The largest absolute Gasteiger partial charge is 0.305 e. The highest BCUT2D eigenvalue weighted by Gasteiger charge is 2.21. The lowest BCUT2D eigenvalue weighted by Crippen LogP contribution is -2.11. The minimum atomic E-state index is 0.208. The molecule has 0 radical (unpaired) electrons. The molecule has 3 aromatic heterocycles. The second kappa shape index (κ2) is 4.65. The summed E-state index contributed by atoms with van der Waals surface area (Å²) >= 11 is 7.76. The minimum absolute atomic E-state index is 0.208. The highest BCUT2D eigenvalue weighted by molar-refractivity contribution is 7.07. The smallest absolute Gasteiger partial charge is 0.159 e. The molecule has 0 amide bonds. The molecular weight excluding hydrogens is 280 g/mol. The number of hydrogen-bond acceptors (Lipinski definition) is 3. The third kappa shape index (κ3) is 1.88. The molecule has 0 aliphatic rings. The second-order valence-corrected chi connectivity index (χ2v) is 5.69. The van der Waals surface area contributed by atoms with Gasteiger partial charge in [0.25, 0.3) is 0 Å². The number of aromatic nitrogens is 4. The van der Waals surface area contributed by atoms with Gasteiger partial charge in [-0.05, 0) is 36.2 Å². The Hall–Kier alpha value is -1.33. The Labute approximate surface area is 120 Å². The zero-order valence-electron chi connectivity index (χ0n) is 11.1. The van der Waals surface area contributed by atoms with E-state index in [-0.39, 0.29) is 6.04 Å². The second-order valence-electron chi connectivity index (χ2n) is 4.65. The molecule has 1 unspecified atom stereocenters. The number of hydrogen-bond donors (Lipinski definition) is 0. The van der Waals surface area contributed by atoms with Crippen LogP contribution in [0.25, 0.3) is 11.2 Å². The van der Waals surface area contributed by atoms with Gasteiger partial charge in [0.15, 0.2) is 5.65 Å². The first-order valence-corrected chi connectivity index (χ1v) is 7.59. The normalized spacial score (nSPS) is 13.3. The highest BCUT2D eigenvalue weighted by atomic mass is 35.5. The van der Waals surface area contributed by atoms with Crippen LogP contribution in [0.3, 0.4) is 0 Å². The van der Waals surface area contributed by atoms with E-state index in [2.05, 4.69) is 38.4 Å². The van der Waals surface area contributed by atoms with E-state index < -0.39 is 0 Å². The van der Waals surface area contributed by atoms with Crippen molar-refractivity contribution in [1.29, 1.82) is 0 Å². The van der Waals surface area contributed by atoms with E-state index in [1.807, 2.05) is 18.7 Å². The van der Waals surface area contributed by atoms with Crippen molar-refractivity contribution in [1.82, 2.24) is 19.3 Å². The van der Waals surface area contributed by atoms with Gasteiger partial charge in [-0.25, -0.2) is 4.98 Å². The first-order valence-electron chi connectivity index (χ1n) is 6.12. The van der Waals surface area contributed by atoms with Crippen LogP contribution in [0.1, 0.15) is 30.0 Å². The van der Waals surface area contributed by atoms with Crippen molar-refractivity contribution in [2.75, 3.05) is 0 Å². The zero-order valence-corrected chi connectivity index (χ0v) is 12.7. The monoisotopic (exact) mass is 294 g/mol. The fourth-order valence-electron chi connectivity index (χ4n) is 2.50. The number of imidazole rings is 1. The summed E-state index contributed by atoms with van der Waals surface area (Å²) in [6.45, 7) is 4.15. The molecule has 0 bridgehead atoms. The SMILES string of the molecule is Cc1nn(C)c2c1nc(CCl)n2C(C)c1ccsc1. The van der Waals surface area contributed by atoms with Crippen molar-refractivity contribution in [3.05, 3.63) is 33.9 Å². The number of nitrogens with zero attached hydrogens (tertiary/aromatic N) is 4. The molecule has 3 heterocycles. The van der Waals surface area contributed by atoms with Gasteiger partial charge in [-0.3, -0.25) is 4.68 Å². The lowest BCUT2D eigenvalue weighted by atomic mass is 10.2. The quantitative estimate of drug-likeness (QED) is 0.693. The fraction of sp³-hybridized carbons (Fsp3) is 0.385. The van der Waals surface area contributed by atoms with Crippen LogP contribution in [-0.4, -0.2) is 19.3 Å². The van der Waals surface area contributed by atoms with Gasteiger partial charge < -0.3 is 4.57 Å². The van der Waals surface area contributed by atoms with Crippen molar-refractivity contribution in [3.8, 4) is 0 Å². The Balaban J connectivity index is 2.26. The number of fused-ring (bicyclic) bond motifs is 1. The molecule has 100 valence electrons. The molecule has 3 rings (SSSR count). The molecule has 0 saturated heterocycles. The molecule has 0 aliphatic carbocycles. The summed E-state index contributed by atoms with van der Waals surface area (Å²) < 4.78 is 4.07. The Morgan fingerprint density at radius 1 is 1.47 bits per heavy atom. The first kappa shape index (κ1) is 12.7. The van der Waals surface area contributed by atoms with Gasteiger partial charge in [0.2, 0.25) is 0 Å². The third-order valence-electron chi connectivity index (χ3n) is 3.44. The maximum Gasteiger partial charge on any atom is 0.159 e. The van der Waals surface area contributed by atoms with Crippen molar-refractivity contribution in [3.63, 3.8) is 0 Å². The Bertz CT molecular complexity index is 711. The highest BCUT2D eigenvalue weighted by Crippen LogP contribution is 2.28. The number of alkyl halides is 1. The molecule has 1 atom stereocenters. The summed E-state index contributed by atoms with van der Waals surface area (Å²) in [7, 11) is 1.95. The van der Waals surface area contributed by atoms with Gasteiger partial charge in [-0.15, -0.1) is 11.6 Å². The predicted octanol–water partition coefficient (Wildman–Crippen LogP) is 3.49. The molecule has 6 heteroatoms. The molecule has 0 spiro atoms. The molecule has 0 fully saturated rings. The van der Waals surface area contributed by atoms with Crippen LogP contribution < -0.4 is 0 Å². The van der Waals surface area contributed by atoms with Crippen molar-refractivity contribution >= 4 is 34.1 Å². The number of rotatable bonds is 3. The molecule has 19 heavy (non-hydrogen) atoms. The van der Waals surface area contributed by atoms with Crippen LogP contribution in [0.5, 0.6) is 0 Å². The maximum absolute atomic E-state index is 6.06. The van der Waals surface area contributed by atoms with Crippen LogP contribution in [0.15, 0.2) is 16.8 Å². The summed E-state index contributed by atoms with van der Waals surface area (Å²) in [6.07, 6.45) is 0. The molecule has 3 aromatic rings. The van der Waals surface area contributed by atoms with E-state index in [9.17, 15) is 0 Å². The summed E-state index contributed by atoms with van der Waals surface area (Å²) in [5.74, 6) is 1.30. The van der Waals surface area contributed by atoms with Crippen LogP contribution in [0, 0.1) is 6.92 Å². The first-order chi connectivity index (χ1) is 9.13. The molecule has 0 aliphatic heterocycles. The van der Waals surface area contributed by atoms with Crippen LogP contribution in [-0.2, 0) is 12.9 Å². The van der Waals surface area contributed by atoms with E-state index >= 15 is 0 Å². The maximum atomic E-state index is 6.06. The molecule has 0 saturated carbocycles. The zero-order chi connectivity index (χ0) is 13.6. The van der Waals surface area contributed by atoms with E-state index in [4.69, 9.17) is 11.6 Å². The average molecular weight is 295 g/mol. The lowest BCUT2D eigenvalue weighted by Gasteiger charge is -2.16. The topological polar surface area (TPSA) is 35.6 Å². The summed E-state index contributed by atoms with van der Waals surface area (Å²) in [5.41, 5.74) is 4.20. The van der Waals surface area contributed by atoms with Crippen molar-refractivity contribution in [2.45, 2.75) is 25.8 Å². The number of thiophene rings is 1. The van der Waals surface area contributed by atoms with Gasteiger partial charge in [-0.2, -0.15) is 16.4 Å². The van der Waals surface area contributed by atoms with E-state index in [1.54, 1.807) is 11.3 Å². The van der Waals surface area contributed by atoms with Crippen LogP contribution >= 0.6 is 22.9 Å². The Morgan fingerprint density at radius 3 is 2.89 bits per heavy atom. The average Bonchev–Trinajstić information content (AvgIpc) is 3.08. The number of aryl methyl sites for hydroxylation is 2. The lowest BCUT2D eigenvalue weighted by molar-refractivity contribution is 0.609. The predicted molar refractivity (Wildman–Crippen MR) is 78.9 cm³/mol. The third-order valence-corrected chi connectivity index (χ3v) is 4.38.